The monoisotopic (exact) mass is 460 g/mol. The highest BCUT2D eigenvalue weighted by Gasteiger charge is 2.31. The molecule has 9 nitrogen and oxygen atoms in total. The predicted molar refractivity (Wildman–Crippen MR) is 121 cm³/mol. The fourth-order valence-corrected chi connectivity index (χ4v) is 4.26. The van der Waals surface area contributed by atoms with Crippen LogP contribution in [0.2, 0.25) is 0 Å². The number of benzene rings is 1. The van der Waals surface area contributed by atoms with E-state index in [4.69, 9.17) is 0 Å². The number of aryl methyl sites for hydroxylation is 1. The number of aromatic nitrogens is 2. The van der Waals surface area contributed by atoms with Crippen LogP contribution in [0.4, 0.5) is 4.79 Å². The Morgan fingerprint density at radius 1 is 1.12 bits per heavy atom. The minimum Gasteiger partial charge on any atom is -0.340 e. The molecule has 32 heavy (non-hydrogen) atoms. The Balaban J connectivity index is 0.00000289. The number of carbonyl (C=O) groups is 3. The lowest BCUT2D eigenvalue weighted by atomic mass is 10.0. The first-order chi connectivity index (χ1) is 15.0. The average Bonchev–Trinajstić information content (AvgIpc) is 3.35. The molecule has 2 aliphatic rings. The van der Waals surface area contributed by atoms with Gasteiger partial charge in [-0.15, -0.1) is 12.4 Å². The van der Waals surface area contributed by atoms with Gasteiger partial charge in [-0.1, -0.05) is 30.3 Å². The summed E-state index contributed by atoms with van der Waals surface area (Å²) in [6.07, 6.45) is 4.59. The lowest BCUT2D eigenvalue weighted by Crippen LogP contribution is -2.50. The molecule has 0 saturated carbocycles. The second kappa shape index (κ2) is 10.6. The maximum Gasteiger partial charge on any atom is 0.324 e. The molecule has 4 rings (SSSR count). The molecule has 0 spiro atoms. The molecule has 1 atom stereocenters. The van der Waals surface area contributed by atoms with Crippen molar-refractivity contribution in [3.05, 3.63) is 54.1 Å². The van der Waals surface area contributed by atoms with Crippen molar-refractivity contribution in [1.82, 2.24) is 29.6 Å². The van der Waals surface area contributed by atoms with Crippen LogP contribution in [0.5, 0.6) is 0 Å². The van der Waals surface area contributed by atoms with E-state index in [0.717, 1.165) is 18.9 Å². The van der Waals surface area contributed by atoms with Crippen LogP contribution in [0, 0.1) is 0 Å². The van der Waals surface area contributed by atoms with Crippen molar-refractivity contribution in [1.29, 1.82) is 0 Å². The van der Waals surface area contributed by atoms with E-state index in [0.29, 0.717) is 25.9 Å². The number of amides is 4. The summed E-state index contributed by atoms with van der Waals surface area (Å²) in [5.41, 5.74) is 1.19. The average molecular weight is 461 g/mol. The number of rotatable bonds is 7. The van der Waals surface area contributed by atoms with Gasteiger partial charge in [0, 0.05) is 58.6 Å². The molecular weight excluding hydrogens is 432 g/mol. The Labute approximate surface area is 193 Å². The number of carbonyl (C=O) groups excluding carboxylic acids is 3. The first-order valence-corrected chi connectivity index (χ1v) is 10.7. The van der Waals surface area contributed by atoms with Gasteiger partial charge in [0.25, 0.3) is 0 Å². The quantitative estimate of drug-likeness (QED) is 0.631. The van der Waals surface area contributed by atoms with E-state index in [1.54, 1.807) is 0 Å². The lowest BCUT2D eigenvalue weighted by molar-refractivity contribution is -0.134. The van der Waals surface area contributed by atoms with Crippen LogP contribution in [0.1, 0.15) is 30.3 Å². The van der Waals surface area contributed by atoms with E-state index >= 15 is 0 Å². The van der Waals surface area contributed by atoms with Crippen LogP contribution in [0.15, 0.2) is 42.7 Å². The molecule has 0 radical (unpaired) electrons. The summed E-state index contributed by atoms with van der Waals surface area (Å²) in [4.78, 5) is 45.9. The number of imidazole rings is 1. The van der Waals surface area contributed by atoms with Gasteiger partial charge in [0.2, 0.25) is 11.8 Å². The summed E-state index contributed by atoms with van der Waals surface area (Å²) in [5.74, 6) is 0.826. The number of halogens is 1. The molecule has 1 aromatic heterocycles. The zero-order valence-electron chi connectivity index (χ0n) is 18.1. The molecule has 4 amide bonds. The van der Waals surface area contributed by atoms with Gasteiger partial charge >= 0.3 is 6.03 Å². The molecule has 1 aromatic carbocycles. The maximum absolute atomic E-state index is 12.7. The lowest BCUT2D eigenvalue weighted by Gasteiger charge is -2.39. The predicted octanol–water partition coefficient (Wildman–Crippen LogP) is 1.41. The molecule has 2 saturated heterocycles. The molecular formula is C22H29ClN6O3. The van der Waals surface area contributed by atoms with E-state index in [-0.39, 0.29) is 49.4 Å². The van der Waals surface area contributed by atoms with Gasteiger partial charge in [0.05, 0.1) is 12.6 Å². The Morgan fingerprint density at radius 3 is 2.44 bits per heavy atom. The number of nitrogens with one attached hydrogen (secondary N) is 1. The zero-order chi connectivity index (χ0) is 21.8. The third kappa shape index (κ3) is 5.11. The molecule has 1 N–H and O–H groups in total. The Hall–Kier alpha value is -2.91. The molecule has 10 heteroatoms. The number of imide groups is 1. The van der Waals surface area contributed by atoms with Gasteiger partial charge < -0.3 is 14.8 Å². The van der Waals surface area contributed by atoms with E-state index in [2.05, 4.69) is 27.3 Å². The van der Waals surface area contributed by atoms with Crippen LogP contribution in [0.3, 0.4) is 0 Å². The van der Waals surface area contributed by atoms with E-state index < -0.39 is 0 Å². The van der Waals surface area contributed by atoms with Crippen molar-refractivity contribution in [3.8, 4) is 0 Å². The number of urea groups is 1. The van der Waals surface area contributed by atoms with Crippen LogP contribution in [0.25, 0.3) is 0 Å². The van der Waals surface area contributed by atoms with Crippen molar-refractivity contribution >= 4 is 30.3 Å². The number of hydrogen-bond donors (Lipinski definition) is 1. The van der Waals surface area contributed by atoms with Crippen molar-refractivity contribution < 1.29 is 14.4 Å². The molecule has 172 valence electrons. The highest BCUT2D eigenvalue weighted by atomic mass is 35.5. The van der Waals surface area contributed by atoms with Gasteiger partial charge in [-0.05, 0) is 12.0 Å². The van der Waals surface area contributed by atoms with Crippen molar-refractivity contribution in [2.45, 2.75) is 18.9 Å². The van der Waals surface area contributed by atoms with Crippen LogP contribution in [-0.4, -0.2) is 81.4 Å². The van der Waals surface area contributed by atoms with Gasteiger partial charge in [-0.25, -0.2) is 9.78 Å². The minimum absolute atomic E-state index is 0. The fraction of sp³-hybridized carbons (Fsp3) is 0.455. The van der Waals surface area contributed by atoms with Crippen LogP contribution in [-0.2, 0) is 16.6 Å². The van der Waals surface area contributed by atoms with Gasteiger partial charge in [0.15, 0.2) is 0 Å². The molecule has 3 heterocycles. The Bertz CT molecular complexity index is 926. The van der Waals surface area contributed by atoms with Gasteiger partial charge in [-0.3, -0.25) is 19.4 Å². The van der Waals surface area contributed by atoms with Crippen LogP contribution < -0.4 is 5.32 Å². The molecule has 1 unspecified atom stereocenters. The number of nitrogens with zero attached hydrogens (tertiary/aromatic N) is 5. The SMILES string of the molecule is Cl.Cn1ccnc1C(c1ccccc1)N1CCN(C(=O)CCCN2C(=O)CNC2=O)CC1. The standard InChI is InChI=1S/C22H28N6O3.ClH/c1-25-11-9-23-21(25)20(17-6-3-2-4-7-17)27-14-12-26(13-15-27)18(29)8-5-10-28-19(30)16-24-22(28)31;/h2-4,6-7,9,11,20H,5,8,10,12-16H2,1H3,(H,24,31);1H. The third-order valence-electron chi connectivity index (χ3n) is 5.96. The molecule has 2 aromatic rings. The molecule has 2 fully saturated rings. The third-order valence-corrected chi connectivity index (χ3v) is 5.96. The second-order valence-electron chi connectivity index (χ2n) is 7.93. The molecule has 0 aliphatic carbocycles. The molecule has 0 bridgehead atoms. The van der Waals surface area contributed by atoms with E-state index in [1.807, 2.05) is 47.1 Å². The second-order valence-corrected chi connectivity index (χ2v) is 7.93. The van der Waals surface area contributed by atoms with Gasteiger partial charge in [0.1, 0.15) is 5.82 Å². The van der Waals surface area contributed by atoms with E-state index in [1.165, 1.54) is 10.5 Å². The number of piperazine rings is 1. The molecule has 2 aliphatic heterocycles. The minimum atomic E-state index is -0.368. The highest BCUT2D eigenvalue weighted by molar-refractivity contribution is 6.01. The Morgan fingerprint density at radius 2 is 1.84 bits per heavy atom. The smallest absolute Gasteiger partial charge is 0.324 e. The maximum atomic E-state index is 12.7. The van der Waals surface area contributed by atoms with Gasteiger partial charge in [-0.2, -0.15) is 0 Å². The highest BCUT2D eigenvalue weighted by Crippen LogP contribution is 2.28. The first kappa shape index (κ1) is 23.7. The normalized spacial score (nSPS) is 17.8. The van der Waals surface area contributed by atoms with Crippen LogP contribution >= 0.6 is 12.4 Å². The summed E-state index contributed by atoms with van der Waals surface area (Å²) in [6.45, 7) is 3.14. The summed E-state index contributed by atoms with van der Waals surface area (Å²) < 4.78 is 2.05. The zero-order valence-corrected chi connectivity index (χ0v) is 19.0. The number of hydrogen-bond acceptors (Lipinski definition) is 5. The summed E-state index contributed by atoms with van der Waals surface area (Å²) >= 11 is 0. The first-order valence-electron chi connectivity index (χ1n) is 10.7. The summed E-state index contributed by atoms with van der Waals surface area (Å²) in [6, 6.07) is 9.99. The van der Waals surface area contributed by atoms with Crippen molar-refractivity contribution in [2.24, 2.45) is 7.05 Å². The van der Waals surface area contributed by atoms with Crippen molar-refractivity contribution in [3.63, 3.8) is 0 Å². The fourth-order valence-electron chi connectivity index (χ4n) is 4.26. The van der Waals surface area contributed by atoms with E-state index in [9.17, 15) is 14.4 Å². The largest absolute Gasteiger partial charge is 0.340 e. The topological polar surface area (TPSA) is 90.8 Å². The van der Waals surface area contributed by atoms with Crippen molar-refractivity contribution in [2.75, 3.05) is 39.3 Å². The summed E-state index contributed by atoms with van der Waals surface area (Å²) in [7, 11) is 2.00. The Kier molecular flexibility index (Phi) is 7.87. The summed E-state index contributed by atoms with van der Waals surface area (Å²) in [5, 5.41) is 2.49.